The number of amides is 2. The van der Waals surface area contributed by atoms with Gasteiger partial charge in [-0.3, -0.25) is 14.5 Å². The van der Waals surface area contributed by atoms with Gasteiger partial charge in [0.05, 0.1) is 19.8 Å². The van der Waals surface area contributed by atoms with Crippen LogP contribution in [-0.2, 0) is 20.7 Å². The smallest absolute Gasteiger partial charge is 0.236 e. The van der Waals surface area contributed by atoms with Gasteiger partial charge in [-0.25, -0.2) is 0 Å². The predicted octanol–water partition coefficient (Wildman–Crippen LogP) is 1.38. The van der Waals surface area contributed by atoms with Gasteiger partial charge in [0.1, 0.15) is 0 Å². The van der Waals surface area contributed by atoms with Crippen LogP contribution in [0.1, 0.15) is 12.0 Å². The Morgan fingerprint density at radius 2 is 1.62 bits per heavy atom. The van der Waals surface area contributed by atoms with E-state index in [1.54, 1.807) is 0 Å². The molecule has 2 aliphatic rings. The Labute approximate surface area is 163 Å². The zero-order valence-corrected chi connectivity index (χ0v) is 16.6. The largest absolute Gasteiger partial charge is 0.379 e. The molecule has 3 rings (SSSR count). The summed E-state index contributed by atoms with van der Waals surface area (Å²) in [4.78, 5) is 30.8. The topological polar surface area (TPSA) is 53.1 Å². The van der Waals surface area contributed by atoms with Crippen molar-refractivity contribution in [2.24, 2.45) is 0 Å². The van der Waals surface area contributed by atoms with Crippen LogP contribution in [0, 0.1) is 0 Å². The van der Waals surface area contributed by atoms with Gasteiger partial charge in [0, 0.05) is 50.2 Å². The Morgan fingerprint density at radius 1 is 0.962 bits per heavy atom. The molecule has 2 aliphatic heterocycles. The Bertz CT molecular complexity index is 626. The molecule has 1 aromatic carbocycles. The number of piperazine rings is 1. The molecule has 0 aliphatic carbocycles. The van der Waals surface area contributed by atoms with Crippen molar-refractivity contribution in [2.45, 2.75) is 12.8 Å². The molecule has 0 N–H and O–H groups in total. The van der Waals surface area contributed by atoms with Crippen molar-refractivity contribution < 1.29 is 14.3 Å². The highest BCUT2D eigenvalue weighted by Crippen LogP contribution is 2.14. The SMILES string of the molecule is O=C(CCc1cccc(Br)c1)N1CCN(C(=O)CN2CCOCC2)CC1. The van der Waals surface area contributed by atoms with Crippen molar-refractivity contribution in [1.82, 2.24) is 14.7 Å². The van der Waals surface area contributed by atoms with E-state index in [0.29, 0.717) is 52.4 Å². The molecule has 26 heavy (non-hydrogen) atoms. The molecule has 2 amide bonds. The molecular formula is C19H26BrN3O3. The van der Waals surface area contributed by atoms with E-state index in [1.807, 2.05) is 28.0 Å². The predicted molar refractivity (Wildman–Crippen MR) is 103 cm³/mol. The molecule has 2 fully saturated rings. The third-order valence-electron chi connectivity index (χ3n) is 4.96. The molecule has 7 heteroatoms. The maximum atomic E-state index is 12.4. The van der Waals surface area contributed by atoms with E-state index in [-0.39, 0.29) is 11.8 Å². The van der Waals surface area contributed by atoms with Crippen molar-refractivity contribution in [1.29, 1.82) is 0 Å². The van der Waals surface area contributed by atoms with Crippen molar-refractivity contribution in [3.05, 3.63) is 34.3 Å². The summed E-state index contributed by atoms with van der Waals surface area (Å²) in [7, 11) is 0. The highest BCUT2D eigenvalue weighted by Gasteiger charge is 2.25. The number of rotatable bonds is 5. The molecule has 0 unspecified atom stereocenters. The number of benzene rings is 1. The zero-order valence-electron chi connectivity index (χ0n) is 15.0. The molecule has 2 saturated heterocycles. The minimum absolute atomic E-state index is 0.160. The minimum atomic E-state index is 0.160. The Balaban J connectivity index is 1.39. The Hall–Kier alpha value is -1.44. The number of halogens is 1. The monoisotopic (exact) mass is 423 g/mol. The lowest BCUT2D eigenvalue weighted by atomic mass is 10.1. The van der Waals surface area contributed by atoms with Crippen LogP contribution in [-0.4, -0.2) is 85.5 Å². The van der Waals surface area contributed by atoms with Gasteiger partial charge in [-0.05, 0) is 24.1 Å². The van der Waals surface area contributed by atoms with Gasteiger partial charge in [-0.2, -0.15) is 0 Å². The average Bonchev–Trinajstić information content (AvgIpc) is 2.67. The van der Waals surface area contributed by atoms with Gasteiger partial charge in [-0.1, -0.05) is 28.1 Å². The van der Waals surface area contributed by atoms with Crippen molar-refractivity contribution in [2.75, 3.05) is 59.0 Å². The number of ether oxygens (including phenoxy) is 1. The second kappa shape index (κ2) is 9.48. The fourth-order valence-corrected chi connectivity index (χ4v) is 3.80. The van der Waals surface area contributed by atoms with Gasteiger partial charge in [0.2, 0.25) is 11.8 Å². The van der Waals surface area contributed by atoms with Gasteiger partial charge in [0.15, 0.2) is 0 Å². The van der Waals surface area contributed by atoms with Gasteiger partial charge >= 0.3 is 0 Å². The normalized spacial score (nSPS) is 18.8. The number of nitrogens with zero attached hydrogens (tertiary/aromatic N) is 3. The average molecular weight is 424 g/mol. The van der Waals surface area contributed by atoms with Crippen molar-refractivity contribution in [3.8, 4) is 0 Å². The number of aryl methyl sites for hydroxylation is 1. The summed E-state index contributed by atoms with van der Waals surface area (Å²) >= 11 is 3.46. The van der Waals surface area contributed by atoms with E-state index >= 15 is 0 Å². The Morgan fingerprint density at radius 3 is 2.27 bits per heavy atom. The highest BCUT2D eigenvalue weighted by atomic mass is 79.9. The molecule has 142 valence electrons. The number of hydrogen-bond donors (Lipinski definition) is 0. The quantitative estimate of drug-likeness (QED) is 0.717. The highest BCUT2D eigenvalue weighted by molar-refractivity contribution is 9.10. The van der Waals surface area contributed by atoms with Gasteiger partial charge in [-0.15, -0.1) is 0 Å². The number of morpholine rings is 1. The van der Waals surface area contributed by atoms with Gasteiger partial charge < -0.3 is 14.5 Å². The summed E-state index contributed by atoms with van der Waals surface area (Å²) in [6, 6.07) is 8.07. The Kier molecular flexibility index (Phi) is 7.05. The first-order chi connectivity index (χ1) is 12.6. The first-order valence-electron chi connectivity index (χ1n) is 9.22. The lowest BCUT2D eigenvalue weighted by Crippen LogP contribution is -2.53. The second-order valence-electron chi connectivity index (χ2n) is 6.78. The molecular weight excluding hydrogens is 398 g/mol. The van der Waals surface area contributed by atoms with Crippen LogP contribution in [0.3, 0.4) is 0 Å². The van der Waals surface area contributed by atoms with Crippen LogP contribution in [0.4, 0.5) is 0 Å². The van der Waals surface area contributed by atoms with Crippen LogP contribution < -0.4 is 0 Å². The van der Waals surface area contributed by atoms with Crippen LogP contribution in [0.5, 0.6) is 0 Å². The number of carbonyl (C=O) groups excluding carboxylic acids is 2. The van der Waals surface area contributed by atoms with Gasteiger partial charge in [0.25, 0.3) is 0 Å². The fourth-order valence-electron chi connectivity index (χ4n) is 3.36. The number of carbonyl (C=O) groups is 2. The fraction of sp³-hybridized carbons (Fsp3) is 0.579. The van der Waals surface area contributed by atoms with Crippen molar-refractivity contribution >= 4 is 27.7 Å². The van der Waals surface area contributed by atoms with Crippen LogP contribution in [0.25, 0.3) is 0 Å². The summed E-state index contributed by atoms with van der Waals surface area (Å²) in [6.07, 6.45) is 1.26. The summed E-state index contributed by atoms with van der Waals surface area (Å²) in [5, 5.41) is 0. The van der Waals surface area contributed by atoms with E-state index in [9.17, 15) is 9.59 Å². The second-order valence-corrected chi connectivity index (χ2v) is 7.70. The summed E-state index contributed by atoms with van der Waals surface area (Å²) in [5.74, 6) is 0.332. The molecule has 0 aromatic heterocycles. The first kappa shape index (κ1) is 19.3. The molecule has 0 radical (unpaired) electrons. The first-order valence-corrected chi connectivity index (χ1v) is 10.0. The van der Waals surface area contributed by atoms with E-state index in [4.69, 9.17) is 4.74 Å². The third-order valence-corrected chi connectivity index (χ3v) is 5.46. The van der Waals surface area contributed by atoms with Crippen LogP contribution >= 0.6 is 15.9 Å². The van der Waals surface area contributed by atoms with E-state index in [0.717, 1.165) is 29.5 Å². The summed E-state index contributed by atoms with van der Waals surface area (Å²) in [5.41, 5.74) is 1.16. The molecule has 6 nitrogen and oxygen atoms in total. The molecule has 0 bridgehead atoms. The maximum Gasteiger partial charge on any atom is 0.236 e. The minimum Gasteiger partial charge on any atom is -0.379 e. The molecule has 0 atom stereocenters. The van der Waals surface area contributed by atoms with E-state index in [1.165, 1.54) is 0 Å². The molecule has 2 heterocycles. The van der Waals surface area contributed by atoms with Crippen molar-refractivity contribution in [3.63, 3.8) is 0 Å². The summed E-state index contributed by atoms with van der Waals surface area (Å²) < 4.78 is 6.35. The van der Waals surface area contributed by atoms with E-state index < -0.39 is 0 Å². The van der Waals surface area contributed by atoms with E-state index in [2.05, 4.69) is 26.9 Å². The molecule has 1 aromatic rings. The third kappa shape index (κ3) is 5.53. The standard InChI is InChI=1S/C19H26BrN3O3/c20-17-3-1-2-16(14-17)4-5-18(24)22-6-8-23(9-7-22)19(25)15-21-10-12-26-13-11-21/h1-3,14H,4-13,15H2. The lowest BCUT2D eigenvalue weighted by molar-refractivity contribution is -0.140. The number of hydrogen-bond acceptors (Lipinski definition) is 4. The molecule has 0 spiro atoms. The zero-order chi connectivity index (χ0) is 18.4. The molecule has 0 saturated carbocycles. The maximum absolute atomic E-state index is 12.4. The van der Waals surface area contributed by atoms with Crippen LogP contribution in [0.2, 0.25) is 0 Å². The lowest BCUT2D eigenvalue weighted by Gasteiger charge is -2.36. The summed E-state index contributed by atoms with van der Waals surface area (Å²) in [6.45, 7) is 6.02. The van der Waals surface area contributed by atoms with Crippen LogP contribution in [0.15, 0.2) is 28.7 Å².